The summed E-state index contributed by atoms with van der Waals surface area (Å²) in [6.45, 7) is 2.40. The first kappa shape index (κ1) is 23.8. The summed E-state index contributed by atoms with van der Waals surface area (Å²) in [5, 5.41) is 4.45. The number of aromatic nitrogens is 3. The molecule has 0 saturated carbocycles. The lowest BCUT2D eigenvalue weighted by molar-refractivity contribution is -0.779. The van der Waals surface area contributed by atoms with Gasteiger partial charge in [0, 0.05) is 10.0 Å². The molecule has 0 radical (unpaired) electrons. The predicted molar refractivity (Wildman–Crippen MR) is 104 cm³/mol. The van der Waals surface area contributed by atoms with Gasteiger partial charge in [-0.05, 0) is 30.7 Å². The van der Waals surface area contributed by atoms with E-state index in [1.54, 1.807) is 4.68 Å². The molecule has 7 nitrogen and oxygen atoms in total. The molecule has 12 heteroatoms. The van der Waals surface area contributed by atoms with Crippen molar-refractivity contribution in [2.45, 2.75) is 19.2 Å². The molecule has 0 saturated heterocycles. The van der Waals surface area contributed by atoms with E-state index in [0.29, 0.717) is 6.73 Å². The van der Waals surface area contributed by atoms with E-state index in [1.807, 2.05) is 61.2 Å². The summed E-state index contributed by atoms with van der Waals surface area (Å²) < 4.78 is 69.5. The Hall–Kier alpha value is -2.44. The highest BCUT2D eigenvalue weighted by Gasteiger charge is 2.36. The summed E-state index contributed by atoms with van der Waals surface area (Å²) in [4.78, 5) is 0. The van der Waals surface area contributed by atoms with Gasteiger partial charge in [-0.1, -0.05) is 46.3 Å². The molecule has 0 atom stereocenters. The number of halogens is 4. The second-order valence-electron chi connectivity index (χ2n) is 6.02. The number of ether oxygens (including phenoxy) is 1. The maximum atomic E-state index is 10.7. The zero-order valence-corrected chi connectivity index (χ0v) is 18.2. The van der Waals surface area contributed by atoms with Crippen molar-refractivity contribution in [1.82, 2.24) is 9.90 Å². The van der Waals surface area contributed by atoms with Crippen LogP contribution in [0.2, 0.25) is 0 Å². The van der Waals surface area contributed by atoms with Crippen molar-refractivity contribution in [1.29, 1.82) is 0 Å². The van der Waals surface area contributed by atoms with Crippen molar-refractivity contribution in [2.75, 3.05) is 0 Å². The fourth-order valence-electron chi connectivity index (χ4n) is 2.31. The van der Waals surface area contributed by atoms with Gasteiger partial charge in [-0.15, -0.1) is 9.36 Å². The van der Waals surface area contributed by atoms with Crippen LogP contribution in [0.3, 0.4) is 0 Å². The highest BCUT2D eigenvalue weighted by Crippen LogP contribution is 2.22. The second kappa shape index (κ2) is 9.58. The van der Waals surface area contributed by atoms with E-state index in [-0.39, 0.29) is 0 Å². The first-order chi connectivity index (χ1) is 13.9. The monoisotopic (exact) mass is 507 g/mol. The molecular weight excluding hydrogens is 491 g/mol. The fraction of sp³-hybridized carbons (Fsp3) is 0.222. The van der Waals surface area contributed by atoms with Gasteiger partial charge in [-0.2, -0.15) is 13.2 Å². The Morgan fingerprint density at radius 3 is 2.33 bits per heavy atom. The van der Waals surface area contributed by atoms with Gasteiger partial charge in [0.05, 0.1) is 5.21 Å². The topological polar surface area (TPSA) is 88.1 Å². The van der Waals surface area contributed by atoms with Gasteiger partial charge in [0.15, 0.2) is 22.0 Å². The van der Waals surface area contributed by atoms with Gasteiger partial charge in [-0.3, -0.25) is 0 Å². The maximum Gasteiger partial charge on any atom is 0.485 e. The standard InChI is InChI=1S/C17H17BrN3O.CHF3O3S/c1-13-10-15(18)8-9-17(13)22-12-21-11-16(20(2)19-21)14-6-4-3-5-7-14;2-1(3,4)8(5,6)7/h3-11H,12H2,1-2H3;(H,5,6,7)/q+1;/p-1. The Morgan fingerprint density at radius 1 is 1.20 bits per heavy atom. The smallest absolute Gasteiger partial charge is 0.485 e. The van der Waals surface area contributed by atoms with Crippen LogP contribution >= 0.6 is 15.9 Å². The van der Waals surface area contributed by atoms with Gasteiger partial charge in [0.1, 0.15) is 12.8 Å². The Kier molecular flexibility index (Phi) is 7.61. The van der Waals surface area contributed by atoms with Crippen LogP contribution in [0.5, 0.6) is 5.75 Å². The van der Waals surface area contributed by atoms with E-state index in [4.69, 9.17) is 17.7 Å². The van der Waals surface area contributed by atoms with Crippen molar-refractivity contribution in [3.05, 3.63) is 64.8 Å². The SMILES string of the molecule is Cc1cc(Br)ccc1OC[n+]1cc(-c2ccccc2)n(C)n1.O=S(=O)([O-])C(F)(F)F. The van der Waals surface area contributed by atoms with Crippen LogP contribution in [-0.4, -0.2) is 28.4 Å². The van der Waals surface area contributed by atoms with E-state index >= 15 is 0 Å². The Morgan fingerprint density at radius 2 is 1.80 bits per heavy atom. The van der Waals surface area contributed by atoms with Gasteiger partial charge in [0.2, 0.25) is 0 Å². The molecule has 1 heterocycles. The highest BCUT2D eigenvalue weighted by molar-refractivity contribution is 9.10. The summed E-state index contributed by atoms with van der Waals surface area (Å²) in [7, 11) is -4.16. The van der Waals surface area contributed by atoms with Gasteiger partial charge in [-0.25, -0.2) is 8.42 Å². The van der Waals surface area contributed by atoms with E-state index in [0.717, 1.165) is 27.0 Å². The number of alkyl halides is 3. The minimum atomic E-state index is -6.09. The van der Waals surface area contributed by atoms with E-state index < -0.39 is 15.6 Å². The van der Waals surface area contributed by atoms with Gasteiger partial charge >= 0.3 is 5.51 Å². The van der Waals surface area contributed by atoms with Crippen molar-refractivity contribution in [3.8, 4) is 17.0 Å². The molecule has 0 amide bonds. The molecule has 0 aliphatic carbocycles. The fourth-order valence-corrected chi connectivity index (χ4v) is 2.79. The van der Waals surface area contributed by atoms with Crippen LogP contribution in [-0.2, 0) is 23.9 Å². The molecule has 1 aromatic heterocycles. The zero-order valence-electron chi connectivity index (χ0n) is 15.8. The summed E-state index contributed by atoms with van der Waals surface area (Å²) in [6.07, 6.45) is 1.99. The summed E-state index contributed by atoms with van der Waals surface area (Å²) in [6, 6.07) is 16.2. The van der Waals surface area contributed by atoms with Crippen LogP contribution < -0.4 is 9.42 Å². The van der Waals surface area contributed by atoms with Crippen molar-refractivity contribution in [2.24, 2.45) is 7.05 Å². The highest BCUT2D eigenvalue weighted by atomic mass is 79.9. The summed E-state index contributed by atoms with van der Waals surface area (Å²) >= 11 is 3.45. The number of nitrogens with zero attached hydrogens (tertiary/aromatic N) is 3. The predicted octanol–water partition coefficient (Wildman–Crippen LogP) is 3.53. The third-order valence-corrected chi connectivity index (χ3v) is 4.77. The molecule has 2 aromatic carbocycles. The van der Waals surface area contributed by atoms with E-state index in [2.05, 4.69) is 33.3 Å². The number of aryl methyl sites for hydroxylation is 2. The molecule has 0 aliphatic heterocycles. The van der Waals surface area contributed by atoms with Crippen molar-refractivity contribution in [3.63, 3.8) is 0 Å². The van der Waals surface area contributed by atoms with Crippen LogP contribution in [0.4, 0.5) is 13.2 Å². The number of benzene rings is 2. The molecule has 0 aliphatic rings. The molecule has 0 N–H and O–H groups in total. The number of rotatable bonds is 4. The van der Waals surface area contributed by atoms with Crippen LogP contribution in [0, 0.1) is 6.92 Å². The molecule has 0 unspecified atom stereocenters. The molecular formula is C18H17BrF3N3O4S. The molecule has 30 heavy (non-hydrogen) atoms. The average molecular weight is 508 g/mol. The Labute approximate surface area is 179 Å². The maximum absolute atomic E-state index is 10.7. The molecule has 0 fully saturated rings. The molecule has 162 valence electrons. The summed E-state index contributed by atoms with van der Waals surface area (Å²) in [5.74, 6) is 0.864. The number of hydrogen-bond donors (Lipinski definition) is 0. The van der Waals surface area contributed by atoms with Gasteiger partial charge < -0.3 is 9.29 Å². The lowest BCUT2D eigenvalue weighted by atomic mass is 10.2. The molecule has 3 rings (SSSR count). The van der Waals surface area contributed by atoms with E-state index in [9.17, 15) is 13.2 Å². The van der Waals surface area contributed by atoms with Crippen LogP contribution in [0.15, 0.2) is 59.2 Å². The minimum Gasteiger partial charge on any atom is -0.741 e. The molecule has 0 bridgehead atoms. The van der Waals surface area contributed by atoms with Gasteiger partial charge in [0.25, 0.3) is 6.73 Å². The molecule has 3 aromatic rings. The first-order valence-corrected chi connectivity index (χ1v) is 10.5. The van der Waals surface area contributed by atoms with Crippen molar-refractivity contribution >= 4 is 26.0 Å². The Balaban J connectivity index is 0.000000343. The zero-order chi connectivity index (χ0) is 22.5. The van der Waals surface area contributed by atoms with Crippen LogP contribution in [0.1, 0.15) is 5.56 Å². The normalized spacial score (nSPS) is 11.6. The third-order valence-electron chi connectivity index (χ3n) is 3.71. The first-order valence-electron chi connectivity index (χ1n) is 8.29. The molecule has 0 spiro atoms. The average Bonchev–Trinajstić information content (AvgIpc) is 3.01. The van der Waals surface area contributed by atoms with E-state index in [1.165, 1.54) is 0 Å². The quantitative estimate of drug-likeness (QED) is 0.306. The largest absolute Gasteiger partial charge is 0.741 e. The lowest BCUT2D eigenvalue weighted by Gasteiger charge is -2.08. The van der Waals surface area contributed by atoms with Crippen molar-refractivity contribution < 1.29 is 35.6 Å². The summed E-state index contributed by atoms with van der Waals surface area (Å²) in [5.41, 5.74) is -2.37. The third kappa shape index (κ3) is 6.54. The second-order valence-corrected chi connectivity index (χ2v) is 8.30. The number of hydrogen-bond acceptors (Lipinski definition) is 5. The minimum absolute atomic E-state index is 0.378. The lowest BCUT2D eigenvalue weighted by Crippen LogP contribution is -2.38. The van der Waals surface area contributed by atoms with Crippen LogP contribution in [0.25, 0.3) is 11.3 Å². The Bertz CT molecular complexity index is 1100.